The van der Waals surface area contributed by atoms with Crippen molar-refractivity contribution in [1.29, 1.82) is 0 Å². The summed E-state index contributed by atoms with van der Waals surface area (Å²) in [4.78, 5) is 0. The molecule has 0 aliphatic heterocycles. The van der Waals surface area contributed by atoms with Gasteiger partial charge in [0.1, 0.15) is 5.76 Å². The number of nitrogens with one attached hydrogen (secondary N) is 2. The molecule has 1 heterocycles. The van der Waals surface area contributed by atoms with Crippen LogP contribution in [-0.4, -0.2) is 26.2 Å². The van der Waals surface area contributed by atoms with Gasteiger partial charge in [0.15, 0.2) is 0 Å². The highest BCUT2D eigenvalue weighted by Gasteiger charge is 2.03. The van der Waals surface area contributed by atoms with Crippen LogP contribution in [0.5, 0.6) is 0 Å². The Morgan fingerprint density at radius 3 is 2.80 bits per heavy atom. The third-order valence-corrected chi connectivity index (χ3v) is 2.43. The number of hydrogen-bond acceptors (Lipinski definition) is 3. The quantitative estimate of drug-likeness (QED) is 0.642. The van der Waals surface area contributed by atoms with Crippen LogP contribution in [0.3, 0.4) is 0 Å². The lowest BCUT2D eigenvalue weighted by molar-refractivity contribution is 0.452. The second-order valence-electron chi connectivity index (χ2n) is 3.95. The molecule has 1 atom stereocenters. The van der Waals surface area contributed by atoms with Crippen LogP contribution in [0.4, 0.5) is 0 Å². The van der Waals surface area contributed by atoms with E-state index in [2.05, 4.69) is 17.6 Å². The topological polar surface area (TPSA) is 37.2 Å². The lowest BCUT2D eigenvalue weighted by Crippen LogP contribution is -2.29. The van der Waals surface area contributed by atoms with Crippen LogP contribution in [-0.2, 0) is 6.42 Å². The second-order valence-corrected chi connectivity index (χ2v) is 3.95. The van der Waals surface area contributed by atoms with Crippen molar-refractivity contribution in [2.75, 3.05) is 20.1 Å². The molecule has 1 unspecified atom stereocenters. The maximum atomic E-state index is 5.30. The summed E-state index contributed by atoms with van der Waals surface area (Å²) in [6, 6.07) is 4.46. The van der Waals surface area contributed by atoms with Gasteiger partial charge in [-0.15, -0.1) is 0 Å². The lowest BCUT2D eigenvalue weighted by Gasteiger charge is -2.11. The monoisotopic (exact) mass is 210 g/mol. The molecule has 0 aliphatic carbocycles. The predicted octanol–water partition coefficient (Wildman–Crippen LogP) is 1.80. The van der Waals surface area contributed by atoms with Crippen LogP contribution in [0.1, 0.15) is 25.5 Å². The molecule has 3 heteroatoms. The fourth-order valence-corrected chi connectivity index (χ4v) is 1.58. The van der Waals surface area contributed by atoms with E-state index in [9.17, 15) is 0 Å². The molecule has 1 aromatic heterocycles. The molecule has 0 bridgehead atoms. The lowest BCUT2D eigenvalue weighted by atomic mass is 10.2. The third kappa shape index (κ3) is 5.60. The maximum Gasteiger partial charge on any atom is 0.105 e. The van der Waals surface area contributed by atoms with Gasteiger partial charge in [-0.25, -0.2) is 0 Å². The zero-order chi connectivity index (χ0) is 10.9. The van der Waals surface area contributed by atoms with E-state index in [0.717, 1.165) is 25.3 Å². The Bertz CT molecular complexity index is 234. The molecule has 0 saturated heterocycles. The number of hydrogen-bond donors (Lipinski definition) is 2. The van der Waals surface area contributed by atoms with Crippen LogP contribution in [0.2, 0.25) is 0 Å². The standard InChI is InChI=1S/C12H22N2O/c1-11(10-12-6-5-9-15-12)14-8-4-3-7-13-2/h5-6,9,11,13-14H,3-4,7-8,10H2,1-2H3. The number of unbranched alkanes of at least 4 members (excludes halogenated alkanes) is 1. The van der Waals surface area contributed by atoms with Crippen molar-refractivity contribution >= 4 is 0 Å². The molecule has 2 N–H and O–H groups in total. The molecule has 0 spiro atoms. The summed E-state index contributed by atoms with van der Waals surface area (Å²) < 4.78 is 5.30. The Labute approximate surface area is 92.2 Å². The third-order valence-electron chi connectivity index (χ3n) is 2.43. The molecule has 0 aromatic carbocycles. The van der Waals surface area contributed by atoms with E-state index in [4.69, 9.17) is 4.42 Å². The molecule has 0 fully saturated rings. The van der Waals surface area contributed by atoms with Gasteiger partial charge in [0.05, 0.1) is 6.26 Å². The summed E-state index contributed by atoms with van der Waals surface area (Å²) in [5.41, 5.74) is 0. The van der Waals surface area contributed by atoms with Crippen molar-refractivity contribution in [1.82, 2.24) is 10.6 Å². The highest BCUT2D eigenvalue weighted by molar-refractivity contribution is 4.99. The second kappa shape index (κ2) is 7.49. The van der Waals surface area contributed by atoms with Crippen molar-refractivity contribution in [2.24, 2.45) is 0 Å². The van der Waals surface area contributed by atoms with E-state index < -0.39 is 0 Å². The van der Waals surface area contributed by atoms with Gasteiger partial charge in [-0.1, -0.05) is 0 Å². The van der Waals surface area contributed by atoms with E-state index in [0.29, 0.717) is 6.04 Å². The fourth-order valence-electron chi connectivity index (χ4n) is 1.58. The molecular formula is C12H22N2O. The number of rotatable bonds is 8. The first-order valence-electron chi connectivity index (χ1n) is 5.73. The van der Waals surface area contributed by atoms with Crippen molar-refractivity contribution < 1.29 is 4.42 Å². The van der Waals surface area contributed by atoms with Crippen LogP contribution in [0.15, 0.2) is 22.8 Å². The normalized spacial score (nSPS) is 12.9. The highest BCUT2D eigenvalue weighted by atomic mass is 16.3. The number of furan rings is 1. The average Bonchev–Trinajstić information content (AvgIpc) is 2.70. The first-order chi connectivity index (χ1) is 7.33. The summed E-state index contributed by atoms with van der Waals surface area (Å²) in [5.74, 6) is 1.06. The Hall–Kier alpha value is -0.800. The Kier molecular flexibility index (Phi) is 6.12. The van der Waals surface area contributed by atoms with E-state index in [1.807, 2.05) is 19.2 Å². The van der Waals surface area contributed by atoms with Gasteiger partial charge in [0.2, 0.25) is 0 Å². The zero-order valence-electron chi connectivity index (χ0n) is 9.75. The van der Waals surface area contributed by atoms with Gasteiger partial charge >= 0.3 is 0 Å². The summed E-state index contributed by atoms with van der Waals surface area (Å²) in [5, 5.41) is 6.64. The molecule has 15 heavy (non-hydrogen) atoms. The van der Waals surface area contributed by atoms with E-state index in [1.54, 1.807) is 6.26 Å². The zero-order valence-corrected chi connectivity index (χ0v) is 9.75. The van der Waals surface area contributed by atoms with Gasteiger partial charge in [-0.2, -0.15) is 0 Å². The van der Waals surface area contributed by atoms with Crippen molar-refractivity contribution in [3.63, 3.8) is 0 Å². The summed E-state index contributed by atoms with van der Waals surface area (Å²) >= 11 is 0. The van der Waals surface area contributed by atoms with Crippen molar-refractivity contribution in [3.8, 4) is 0 Å². The Morgan fingerprint density at radius 1 is 1.33 bits per heavy atom. The van der Waals surface area contributed by atoms with Gasteiger partial charge in [-0.05, 0) is 52.0 Å². The van der Waals surface area contributed by atoms with E-state index in [1.165, 1.54) is 12.8 Å². The Balaban J connectivity index is 2.01. The van der Waals surface area contributed by atoms with Gasteiger partial charge < -0.3 is 15.1 Å². The highest BCUT2D eigenvalue weighted by Crippen LogP contribution is 2.03. The molecule has 0 saturated carbocycles. The minimum atomic E-state index is 0.491. The molecule has 86 valence electrons. The van der Waals surface area contributed by atoms with Crippen LogP contribution in [0.25, 0.3) is 0 Å². The van der Waals surface area contributed by atoms with Gasteiger partial charge in [0, 0.05) is 12.5 Å². The smallest absolute Gasteiger partial charge is 0.105 e. The van der Waals surface area contributed by atoms with E-state index >= 15 is 0 Å². The first kappa shape index (κ1) is 12.3. The minimum Gasteiger partial charge on any atom is -0.469 e. The van der Waals surface area contributed by atoms with Crippen molar-refractivity contribution in [3.05, 3.63) is 24.2 Å². The molecular weight excluding hydrogens is 188 g/mol. The first-order valence-corrected chi connectivity index (χ1v) is 5.73. The SMILES string of the molecule is CNCCCCNC(C)Cc1ccco1. The maximum absolute atomic E-state index is 5.30. The van der Waals surface area contributed by atoms with Crippen LogP contribution in [0, 0.1) is 0 Å². The molecule has 1 aromatic rings. The summed E-state index contributed by atoms with van der Waals surface area (Å²) in [7, 11) is 1.99. The molecule has 1 rings (SSSR count). The summed E-state index contributed by atoms with van der Waals surface area (Å²) in [6.45, 7) is 4.39. The molecule has 3 nitrogen and oxygen atoms in total. The largest absolute Gasteiger partial charge is 0.469 e. The van der Waals surface area contributed by atoms with Crippen LogP contribution < -0.4 is 10.6 Å². The van der Waals surface area contributed by atoms with Gasteiger partial charge in [-0.3, -0.25) is 0 Å². The average molecular weight is 210 g/mol. The molecule has 0 amide bonds. The molecule has 0 aliphatic rings. The molecule has 0 radical (unpaired) electrons. The van der Waals surface area contributed by atoms with Gasteiger partial charge in [0.25, 0.3) is 0 Å². The van der Waals surface area contributed by atoms with E-state index in [-0.39, 0.29) is 0 Å². The van der Waals surface area contributed by atoms with Crippen molar-refractivity contribution in [2.45, 2.75) is 32.2 Å². The minimum absolute atomic E-state index is 0.491. The summed E-state index contributed by atoms with van der Waals surface area (Å²) in [6.07, 6.45) is 5.16. The fraction of sp³-hybridized carbons (Fsp3) is 0.667. The predicted molar refractivity (Wildman–Crippen MR) is 63.0 cm³/mol. The Morgan fingerprint density at radius 2 is 2.13 bits per heavy atom. The van der Waals surface area contributed by atoms with Crippen LogP contribution >= 0.6 is 0 Å².